The fourth-order valence-electron chi connectivity index (χ4n) is 6.42. The number of ether oxygens (including phenoxy) is 3. The van der Waals surface area contributed by atoms with Crippen molar-refractivity contribution in [2.45, 2.75) is 58.0 Å². The quantitative estimate of drug-likeness (QED) is 0.783. The van der Waals surface area contributed by atoms with E-state index in [4.69, 9.17) is 14.2 Å². The van der Waals surface area contributed by atoms with Crippen molar-refractivity contribution in [1.82, 2.24) is 5.32 Å². The minimum Gasteiger partial charge on any atom is -0.496 e. The molecule has 0 aliphatic heterocycles. The van der Waals surface area contributed by atoms with Crippen molar-refractivity contribution in [3.63, 3.8) is 0 Å². The van der Waals surface area contributed by atoms with E-state index < -0.39 is 0 Å². The molecule has 144 valence electrons. The lowest BCUT2D eigenvalue weighted by atomic mass is 9.48. The first-order valence-electron chi connectivity index (χ1n) is 10.1. The minimum absolute atomic E-state index is 0.512. The third kappa shape index (κ3) is 3.06. The van der Waals surface area contributed by atoms with Gasteiger partial charge in [-0.25, -0.2) is 0 Å². The molecule has 0 radical (unpaired) electrons. The SMILES string of the molecule is COc1cc(OC)c(OC)cc1CN[C@@H](C)C12CC3CC(CC(C3)C1)C2. The number of hydrogen-bond acceptors (Lipinski definition) is 4. The normalized spacial score (nSPS) is 33.2. The molecular formula is C22H33NO3. The number of hydrogen-bond donors (Lipinski definition) is 1. The molecule has 4 bridgehead atoms. The Bertz CT molecular complexity index is 622. The van der Waals surface area contributed by atoms with E-state index in [0.717, 1.165) is 41.4 Å². The zero-order valence-electron chi connectivity index (χ0n) is 16.6. The zero-order valence-corrected chi connectivity index (χ0v) is 16.6. The lowest BCUT2D eigenvalue weighted by Crippen LogP contribution is -2.54. The summed E-state index contributed by atoms with van der Waals surface area (Å²) in [6, 6.07) is 4.50. The van der Waals surface area contributed by atoms with Crippen molar-refractivity contribution < 1.29 is 14.2 Å². The number of methoxy groups -OCH3 is 3. The predicted octanol–water partition coefficient (Wildman–Crippen LogP) is 4.41. The Hall–Kier alpha value is -1.42. The zero-order chi connectivity index (χ0) is 18.3. The molecule has 0 amide bonds. The summed E-state index contributed by atoms with van der Waals surface area (Å²) in [6.45, 7) is 3.20. The molecule has 0 aromatic heterocycles. The number of nitrogens with one attached hydrogen (secondary N) is 1. The van der Waals surface area contributed by atoms with E-state index in [2.05, 4.69) is 12.2 Å². The maximum atomic E-state index is 5.59. The molecule has 0 spiro atoms. The largest absolute Gasteiger partial charge is 0.496 e. The van der Waals surface area contributed by atoms with E-state index in [1.165, 1.54) is 38.5 Å². The van der Waals surface area contributed by atoms with Crippen LogP contribution in [0.2, 0.25) is 0 Å². The summed E-state index contributed by atoms with van der Waals surface area (Å²) in [4.78, 5) is 0. The summed E-state index contributed by atoms with van der Waals surface area (Å²) < 4.78 is 16.5. The van der Waals surface area contributed by atoms with Gasteiger partial charge in [-0.2, -0.15) is 0 Å². The molecule has 0 saturated heterocycles. The topological polar surface area (TPSA) is 39.7 Å². The van der Waals surface area contributed by atoms with Gasteiger partial charge in [0.05, 0.1) is 21.3 Å². The van der Waals surface area contributed by atoms with Gasteiger partial charge in [-0.05, 0) is 74.7 Å². The first kappa shape index (κ1) is 18.0. The lowest BCUT2D eigenvalue weighted by Gasteiger charge is -2.59. The molecule has 1 aromatic carbocycles. The van der Waals surface area contributed by atoms with Crippen LogP contribution in [0.15, 0.2) is 12.1 Å². The van der Waals surface area contributed by atoms with Crippen LogP contribution in [0, 0.1) is 23.2 Å². The van der Waals surface area contributed by atoms with Gasteiger partial charge in [0.2, 0.25) is 0 Å². The molecule has 26 heavy (non-hydrogen) atoms. The Kier molecular flexibility index (Phi) is 4.81. The molecule has 1 atom stereocenters. The number of rotatable bonds is 7. The standard InChI is InChI=1S/C22H33NO3/c1-14(22-10-15-5-16(11-22)7-17(6-15)12-22)23-13-18-8-20(25-3)21(26-4)9-19(18)24-2/h8-9,14-17,23H,5-7,10-13H2,1-4H3/t14-,15?,16?,17?,22?/m0/s1. The molecule has 4 nitrogen and oxygen atoms in total. The van der Waals surface area contributed by atoms with Crippen LogP contribution in [-0.2, 0) is 6.54 Å². The highest BCUT2D eigenvalue weighted by Crippen LogP contribution is 2.61. The van der Waals surface area contributed by atoms with Crippen molar-refractivity contribution in [2.75, 3.05) is 21.3 Å². The Morgan fingerprint density at radius 2 is 1.38 bits per heavy atom. The van der Waals surface area contributed by atoms with Crippen LogP contribution < -0.4 is 19.5 Å². The van der Waals surface area contributed by atoms with E-state index >= 15 is 0 Å². The second-order valence-corrected chi connectivity index (χ2v) is 8.90. The van der Waals surface area contributed by atoms with Gasteiger partial charge >= 0.3 is 0 Å². The van der Waals surface area contributed by atoms with Gasteiger partial charge in [-0.15, -0.1) is 0 Å². The summed E-state index contributed by atoms with van der Waals surface area (Å²) in [7, 11) is 5.05. The highest BCUT2D eigenvalue weighted by Gasteiger charge is 2.52. The van der Waals surface area contributed by atoms with Crippen molar-refractivity contribution >= 4 is 0 Å². The summed E-state index contributed by atoms with van der Waals surface area (Å²) >= 11 is 0. The lowest BCUT2D eigenvalue weighted by molar-refractivity contribution is -0.0706. The van der Waals surface area contributed by atoms with Gasteiger partial charge in [-0.1, -0.05) is 0 Å². The molecule has 5 rings (SSSR count). The van der Waals surface area contributed by atoms with Crippen molar-refractivity contribution in [2.24, 2.45) is 23.2 Å². The molecule has 0 heterocycles. The monoisotopic (exact) mass is 359 g/mol. The van der Waals surface area contributed by atoms with E-state index in [9.17, 15) is 0 Å². The van der Waals surface area contributed by atoms with Gasteiger partial charge in [0.25, 0.3) is 0 Å². The minimum atomic E-state index is 0.512. The van der Waals surface area contributed by atoms with Gasteiger partial charge in [0.1, 0.15) is 5.75 Å². The van der Waals surface area contributed by atoms with E-state index in [0.29, 0.717) is 17.2 Å². The van der Waals surface area contributed by atoms with Crippen LogP contribution in [0.1, 0.15) is 51.0 Å². The second-order valence-electron chi connectivity index (χ2n) is 8.90. The summed E-state index contributed by atoms with van der Waals surface area (Å²) in [5.74, 6) is 5.28. The maximum Gasteiger partial charge on any atom is 0.164 e. The van der Waals surface area contributed by atoms with Crippen molar-refractivity contribution in [3.05, 3.63) is 17.7 Å². The summed E-state index contributed by atoms with van der Waals surface area (Å²) in [5, 5.41) is 3.84. The van der Waals surface area contributed by atoms with Crippen LogP contribution in [0.5, 0.6) is 17.2 Å². The van der Waals surface area contributed by atoms with Gasteiger partial charge in [0.15, 0.2) is 11.5 Å². The fourth-order valence-corrected chi connectivity index (χ4v) is 6.42. The highest BCUT2D eigenvalue weighted by atomic mass is 16.5. The van der Waals surface area contributed by atoms with Crippen LogP contribution in [0.25, 0.3) is 0 Å². The third-order valence-corrected chi connectivity index (χ3v) is 7.39. The molecule has 1 N–H and O–H groups in total. The second kappa shape index (κ2) is 6.95. The van der Waals surface area contributed by atoms with Crippen LogP contribution in [0.3, 0.4) is 0 Å². The predicted molar refractivity (Wildman–Crippen MR) is 103 cm³/mol. The Morgan fingerprint density at radius 3 is 1.88 bits per heavy atom. The van der Waals surface area contributed by atoms with Crippen LogP contribution in [0.4, 0.5) is 0 Å². The molecular weight excluding hydrogens is 326 g/mol. The average Bonchev–Trinajstić information content (AvgIpc) is 2.64. The molecule has 4 fully saturated rings. The maximum absolute atomic E-state index is 5.59. The van der Waals surface area contributed by atoms with E-state index in [-0.39, 0.29) is 0 Å². The molecule has 0 unspecified atom stereocenters. The van der Waals surface area contributed by atoms with Crippen molar-refractivity contribution in [3.8, 4) is 17.2 Å². The average molecular weight is 360 g/mol. The van der Waals surface area contributed by atoms with E-state index in [1.54, 1.807) is 21.3 Å². The van der Waals surface area contributed by atoms with Gasteiger partial charge in [-0.3, -0.25) is 0 Å². The molecule has 4 saturated carbocycles. The smallest absolute Gasteiger partial charge is 0.164 e. The molecule has 1 aromatic rings. The van der Waals surface area contributed by atoms with Gasteiger partial charge < -0.3 is 19.5 Å². The Balaban J connectivity index is 1.48. The van der Waals surface area contributed by atoms with Crippen LogP contribution in [-0.4, -0.2) is 27.4 Å². The number of benzene rings is 1. The fraction of sp³-hybridized carbons (Fsp3) is 0.727. The summed E-state index contributed by atoms with van der Waals surface area (Å²) in [5.41, 5.74) is 1.64. The third-order valence-electron chi connectivity index (χ3n) is 7.39. The van der Waals surface area contributed by atoms with E-state index in [1.807, 2.05) is 12.1 Å². The Labute approximate surface area is 157 Å². The summed E-state index contributed by atoms with van der Waals surface area (Å²) in [6.07, 6.45) is 8.77. The first-order valence-corrected chi connectivity index (χ1v) is 10.1. The van der Waals surface area contributed by atoms with Gasteiger partial charge in [0, 0.05) is 24.2 Å². The first-order chi connectivity index (χ1) is 12.6. The molecule has 4 aliphatic carbocycles. The Morgan fingerprint density at radius 1 is 0.885 bits per heavy atom. The van der Waals surface area contributed by atoms with Crippen LogP contribution >= 0.6 is 0 Å². The van der Waals surface area contributed by atoms with Crippen molar-refractivity contribution in [1.29, 1.82) is 0 Å². The molecule has 4 heteroatoms. The molecule has 4 aliphatic rings. The highest BCUT2D eigenvalue weighted by molar-refractivity contribution is 5.50.